The van der Waals surface area contributed by atoms with E-state index in [1.165, 1.54) is 18.2 Å². The normalized spacial score (nSPS) is 13.4. The second-order valence-corrected chi connectivity index (χ2v) is 9.72. The molecule has 5 nitrogen and oxygen atoms in total. The third-order valence-electron chi connectivity index (χ3n) is 6.06. The van der Waals surface area contributed by atoms with Crippen LogP contribution in [0, 0.1) is 24.0 Å². The first-order chi connectivity index (χ1) is 16.6. The Kier molecular flexibility index (Phi) is 6.52. The van der Waals surface area contributed by atoms with Crippen molar-refractivity contribution in [3.05, 3.63) is 95.2 Å². The van der Waals surface area contributed by atoms with E-state index in [2.05, 4.69) is 10.4 Å². The van der Waals surface area contributed by atoms with Crippen LogP contribution in [0.5, 0.6) is 0 Å². The van der Waals surface area contributed by atoms with Gasteiger partial charge in [0.25, 0.3) is 0 Å². The summed E-state index contributed by atoms with van der Waals surface area (Å²) < 4.78 is 29.6. The summed E-state index contributed by atoms with van der Waals surface area (Å²) in [6, 6.07) is 15.5. The molecule has 4 rings (SSSR count). The van der Waals surface area contributed by atoms with E-state index >= 15 is 0 Å². The van der Waals surface area contributed by atoms with Crippen LogP contribution in [0.25, 0.3) is 16.6 Å². The van der Waals surface area contributed by atoms with Crippen LogP contribution in [0.3, 0.4) is 0 Å². The number of rotatable bonds is 6. The maximum Gasteiger partial charge on any atom is 0.225 e. The minimum absolute atomic E-state index is 0.280. The predicted molar refractivity (Wildman–Crippen MR) is 131 cm³/mol. The summed E-state index contributed by atoms with van der Waals surface area (Å²) in [6.07, 6.45) is 2.37. The lowest BCUT2D eigenvalue weighted by molar-refractivity contribution is -0.130. The highest BCUT2D eigenvalue weighted by Gasteiger charge is 2.31. The molecule has 1 heterocycles. The molecule has 0 bridgehead atoms. The standard InChI is InChI=1S/C28H27F2N3O2/c1-17-5-6-19(14-23(17)30)26(24(16-34)32-27(35)28(2,3)4)18-7-12-25-20(13-18)15-31-33(25)22-10-8-21(29)9-11-22/h5-16,24,26H,1-4H3,(H,32,35)/t24-,26-/m1/s1. The third kappa shape index (κ3) is 4.99. The average molecular weight is 476 g/mol. The number of aromatic nitrogens is 2. The van der Waals surface area contributed by atoms with Gasteiger partial charge < -0.3 is 10.1 Å². The van der Waals surface area contributed by atoms with Gasteiger partial charge >= 0.3 is 0 Å². The lowest BCUT2D eigenvalue weighted by Crippen LogP contribution is -2.45. The summed E-state index contributed by atoms with van der Waals surface area (Å²) in [7, 11) is 0. The number of amides is 1. The molecule has 0 spiro atoms. The molecule has 4 aromatic rings. The van der Waals surface area contributed by atoms with Gasteiger partial charge in [-0.15, -0.1) is 0 Å². The topological polar surface area (TPSA) is 64.0 Å². The molecule has 0 saturated heterocycles. The molecule has 2 atom stereocenters. The van der Waals surface area contributed by atoms with Gasteiger partial charge in [0, 0.05) is 16.7 Å². The molecule has 0 radical (unpaired) electrons. The highest BCUT2D eigenvalue weighted by molar-refractivity contribution is 5.85. The van der Waals surface area contributed by atoms with E-state index < -0.39 is 17.4 Å². The summed E-state index contributed by atoms with van der Waals surface area (Å²) >= 11 is 0. The SMILES string of the molecule is Cc1ccc([C@@H](c2ccc3c(cnn3-c3ccc(F)cc3)c2)[C@@H](C=O)NC(=O)C(C)(C)C)cc1F. The molecule has 1 N–H and O–H groups in total. The molecule has 1 aromatic heterocycles. The molecular weight excluding hydrogens is 448 g/mol. The van der Waals surface area contributed by atoms with Gasteiger partial charge in [-0.05, 0) is 66.1 Å². The molecule has 0 aliphatic carbocycles. The highest BCUT2D eigenvalue weighted by atomic mass is 19.1. The number of hydrogen-bond acceptors (Lipinski definition) is 3. The molecule has 3 aromatic carbocycles. The fraction of sp³-hybridized carbons (Fsp3) is 0.250. The van der Waals surface area contributed by atoms with E-state index in [1.807, 2.05) is 18.2 Å². The number of fused-ring (bicyclic) bond motifs is 1. The van der Waals surface area contributed by atoms with Gasteiger partial charge in [-0.25, -0.2) is 13.5 Å². The second-order valence-electron chi connectivity index (χ2n) is 9.72. The minimum Gasteiger partial charge on any atom is -0.345 e. The van der Waals surface area contributed by atoms with Crippen molar-refractivity contribution >= 4 is 23.1 Å². The number of aldehydes is 1. The first kappa shape index (κ1) is 24.3. The summed E-state index contributed by atoms with van der Waals surface area (Å²) in [5.41, 5.74) is 2.58. The molecule has 1 amide bonds. The predicted octanol–water partition coefficient (Wildman–Crippen LogP) is 5.47. The van der Waals surface area contributed by atoms with Gasteiger partial charge in [0.1, 0.15) is 17.9 Å². The second kappa shape index (κ2) is 9.41. The molecule has 0 saturated carbocycles. The van der Waals surface area contributed by atoms with Crippen LogP contribution in [0.2, 0.25) is 0 Å². The van der Waals surface area contributed by atoms with E-state index in [-0.39, 0.29) is 17.5 Å². The maximum atomic E-state index is 14.5. The van der Waals surface area contributed by atoms with Crippen molar-refractivity contribution in [3.63, 3.8) is 0 Å². The summed E-state index contributed by atoms with van der Waals surface area (Å²) in [5, 5.41) is 8.06. The van der Waals surface area contributed by atoms with Crippen molar-refractivity contribution in [1.82, 2.24) is 15.1 Å². The minimum atomic E-state index is -0.909. The van der Waals surface area contributed by atoms with Crippen molar-refractivity contribution < 1.29 is 18.4 Å². The van der Waals surface area contributed by atoms with E-state index in [0.717, 1.165) is 16.5 Å². The van der Waals surface area contributed by atoms with Gasteiger partial charge in [-0.3, -0.25) is 4.79 Å². The molecule has 0 fully saturated rings. The third-order valence-corrected chi connectivity index (χ3v) is 6.06. The summed E-state index contributed by atoms with van der Waals surface area (Å²) in [6.45, 7) is 6.96. The Morgan fingerprint density at radius 2 is 1.66 bits per heavy atom. The van der Waals surface area contributed by atoms with Crippen LogP contribution in [-0.4, -0.2) is 28.0 Å². The number of carbonyl (C=O) groups is 2. The number of nitrogens with zero attached hydrogens (tertiary/aromatic N) is 2. The lowest BCUT2D eigenvalue weighted by atomic mass is 9.83. The molecule has 0 aliphatic heterocycles. The Balaban J connectivity index is 1.81. The monoisotopic (exact) mass is 475 g/mol. The summed E-state index contributed by atoms with van der Waals surface area (Å²) in [4.78, 5) is 25.0. The fourth-order valence-corrected chi connectivity index (χ4v) is 4.01. The fourth-order valence-electron chi connectivity index (χ4n) is 4.01. The van der Waals surface area contributed by atoms with E-state index in [0.29, 0.717) is 23.1 Å². The van der Waals surface area contributed by atoms with Crippen LogP contribution in [0.15, 0.2) is 66.9 Å². The number of carbonyl (C=O) groups excluding carboxylic acids is 2. The number of hydrogen-bond donors (Lipinski definition) is 1. The van der Waals surface area contributed by atoms with Crippen molar-refractivity contribution in [2.75, 3.05) is 0 Å². The number of nitrogens with one attached hydrogen (secondary N) is 1. The first-order valence-electron chi connectivity index (χ1n) is 11.3. The van der Waals surface area contributed by atoms with Crippen LogP contribution < -0.4 is 5.32 Å². The van der Waals surface area contributed by atoms with Crippen molar-refractivity contribution in [1.29, 1.82) is 0 Å². The van der Waals surface area contributed by atoms with E-state index in [9.17, 15) is 18.4 Å². The lowest BCUT2D eigenvalue weighted by Gasteiger charge is -2.28. The molecule has 0 aliphatic rings. The largest absolute Gasteiger partial charge is 0.345 e. The van der Waals surface area contributed by atoms with Gasteiger partial charge in [-0.2, -0.15) is 5.10 Å². The zero-order valence-corrected chi connectivity index (χ0v) is 20.0. The van der Waals surface area contributed by atoms with Gasteiger partial charge in [0.05, 0.1) is 23.4 Å². The van der Waals surface area contributed by atoms with Gasteiger partial charge in [0.15, 0.2) is 0 Å². The Hall–Kier alpha value is -3.87. The number of benzene rings is 3. The maximum absolute atomic E-state index is 14.5. The van der Waals surface area contributed by atoms with Gasteiger partial charge in [-0.1, -0.05) is 39.0 Å². The molecule has 0 unspecified atom stereocenters. The van der Waals surface area contributed by atoms with Crippen molar-refractivity contribution in [3.8, 4) is 5.69 Å². The molecular formula is C28H27F2N3O2. The van der Waals surface area contributed by atoms with E-state index in [1.54, 1.807) is 62.8 Å². The quantitative estimate of drug-likeness (QED) is 0.376. The number of aryl methyl sites for hydroxylation is 1. The first-order valence-corrected chi connectivity index (χ1v) is 11.3. The smallest absolute Gasteiger partial charge is 0.225 e. The van der Waals surface area contributed by atoms with Crippen LogP contribution in [-0.2, 0) is 9.59 Å². The Morgan fingerprint density at radius 3 is 2.29 bits per heavy atom. The zero-order chi connectivity index (χ0) is 25.3. The van der Waals surface area contributed by atoms with Crippen molar-refractivity contribution in [2.45, 2.75) is 39.7 Å². The summed E-state index contributed by atoms with van der Waals surface area (Å²) in [5.74, 6) is -1.62. The number of halogens is 2. The van der Waals surface area contributed by atoms with E-state index in [4.69, 9.17) is 0 Å². The van der Waals surface area contributed by atoms with Crippen LogP contribution in [0.4, 0.5) is 8.78 Å². The Labute approximate surface area is 202 Å². The van der Waals surface area contributed by atoms with Crippen LogP contribution >= 0.6 is 0 Å². The van der Waals surface area contributed by atoms with Gasteiger partial charge in [0.2, 0.25) is 5.91 Å². The van der Waals surface area contributed by atoms with Crippen molar-refractivity contribution in [2.24, 2.45) is 5.41 Å². The highest BCUT2D eigenvalue weighted by Crippen LogP contribution is 2.32. The molecule has 7 heteroatoms. The zero-order valence-electron chi connectivity index (χ0n) is 20.0. The average Bonchev–Trinajstić information content (AvgIpc) is 3.24. The molecule has 35 heavy (non-hydrogen) atoms. The molecule has 180 valence electrons. The van der Waals surface area contributed by atoms with Crippen LogP contribution in [0.1, 0.15) is 43.4 Å². The Bertz CT molecular complexity index is 1390. The Morgan fingerprint density at radius 1 is 1.00 bits per heavy atom.